The molecule has 0 aromatic heterocycles. The zero-order chi connectivity index (χ0) is 14.0. The molecule has 2 aliphatic rings. The van der Waals surface area contributed by atoms with Crippen molar-refractivity contribution in [1.82, 2.24) is 0 Å². The summed E-state index contributed by atoms with van der Waals surface area (Å²) in [5, 5.41) is 6.02. The number of thioether (sulfide) groups is 1. The van der Waals surface area contributed by atoms with Crippen molar-refractivity contribution in [3.05, 3.63) is 63.7 Å². The van der Waals surface area contributed by atoms with Gasteiger partial charge in [-0.15, -0.1) is 5.54 Å². The first-order valence-electron chi connectivity index (χ1n) is 6.15. The first-order valence-corrected chi connectivity index (χ1v) is 10.5. The van der Waals surface area contributed by atoms with Crippen molar-refractivity contribution in [3.8, 4) is 22.0 Å². The van der Waals surface area contributed by atoms with Gasteiger partial charge in [0.2, 0.25) is 0 Å². The summed E-state index contributed by atoms with van der Waals surface area (Å²) < 4.78 is 0. The Bertz CT molecular complexity index is 347. The van der Waals surface area contributed by atoms with Crippen LogP contribution in [0.15, 0.2) is 0 Å². The normalized spacial score (nSPS) is 17.8. The smallest absolute Gasteiger partial charge is 0.119 e. The van der Waals surface area contributed by atoms with Gasteiger partial charge >= 0.3 is 17.1 Å². The first-order chi connectivity index (χ1) is 9.08. The van der Waals surface area contributed by atoms with Crippen molar-refractivity contribution >= 4 is 19.8 Å². The Balaban J connectivity index is 0.000000507. The van der Waals surface area contributed by atoms with Gasteiger partial charge in [-0.1, -0.05) is 25.6 Å². The quantitative estimate of drug-likeness (QED) is 0.476. The van der Waals surface area contributed by atoms with Crippen LogP contribution in [0.4, 0.5) is 0 Å². The standard InChI is InChI=1S/C12H13SSi.C5H5.Fe/c1-14(2,3)11-10-13-9-8-12-6-4-5-7-12;1-2-4-5-3-1;/h4-7H,1-3H3;1-5H;/q;;+2. The number of rotatable bonds is 0. The molecular formula is C17H18FeSSi+2. The molecule has 0 N–H and O–H groups in total. The van der Waals surface area contributed by atoms with Gasteiger partial charge in [0, 0.05) is 11.8 Å². The van der Waals surface area contributed by atoms with Gasteiger partial charge in [-0.05, 0) is 68.3 Å². The zero-order valence-electron chi connectivity index (χ0n) is 12.0. The maximum atomic E-state index is 3.25. The topological polar surface area (TPSA) is 0 Å². The van der Waals surface area contributed by atoms with E-state index in [4.69, 9.17) is 0 Å². The van der Waals surface area contributed by atoms with E-state index in [1.54, 1.807) is 0 Å². The summed E-state index contributed by atoms with van der Waals surface area (Å²) in [5.41, 5.74) is 3.25. The Morgan fingerprint density at radius 1 is 0.800 bits per heavy atom. The average Bonchev–Trinajstić information content (AvgIpc) is 3.03. The molecule has 0 spiro atoms. The maximum absolute atomic E-state index is 3.25. The molecule has 0 heterocycles. The first kappa shape index (κ1) is 20.2. The summed E-state index contributed by atoms with van der Waals surface area (Å²) >= 11 is 1.39. The molecule has 0 unspecified atom stereocenters. The van der Waals surface area contributed by atoms with Crippen LogP contribution in [-0.2, 0) is 17.1 Å². The number of hydrogen-bond donors (Lipinski definition) is 0. The molecule has 0 aliphatic heterocycles. The molecule has 0 nitrogen and oxygen atoms in total. The van der Waals surface area contributed by atoms with Crippen LogP contribution in [0, 0.1) is 85.7 Å². The average molecular weight is 338 g/mol. The molecule has 2 fully saturated rings. The Kier molecular flexibility index (Phi) is 11.9. The monoisotopic (exact) mass is 338 g/mol. The van der Waals surface area contributed by atoms with Gasteiger partial charge in [-0.3, -0.25) is 0 Å². The summed E-state index contributed by atoms with van der Waals surface area (Å²) in [6.07, 6.45) is 18.0. The third-order valence-corrected chi connectivity index (χ3v) is 3.41. The fraction of sp³-hybridized carbons (Fsp3) is 0.176. The molecule has 2 rings (SSSR count). The van der Waals surface area contributed by atoms with E-state index in [1.165, 1.54) is 11.8 Å². The second-order valence-electron chi connectivity index (χ2n) is 4.94. The Labute approximate surface area is 142 Å². The molecular weight excluding hydrogens is 320 g/mol. The minimum atomic E-state index is -1.22. The summed E-state index contributed by atoms with van der Waals surface area (Å²) in [6.45, 7) is 6.68. The van der Waals surface area contributed by atoms with Crippen molar-refractivity contribution in [2.45, 2.75) is 19.6 Å². The van der Waals surface area contributed by atoms with E-state index in [9.17, 15) is 0 Å². The van der Waals surface area contributed by atoms with E-state index < -0.39 is 8.07 Å². The second kappa shape index (κ2) is 11.8. The fourth-order valence-electron chi connectivity index (χ4n) is 1.07. The molecule has 0 atom stereocenters. The minimum absolute atomic E-state index is 0. The van der Waals surface area contributed by atoms with Gasteiger partial charge in [0.15, 0.2) is 0 Å². The van der Waals surface area contributed by atoms with Crippen molar-refractivity contribution in [2.24, 2.45) is 0 Å². The van der Waals surface area contributed by atoms with Crippen LogP contribution in [0.5, 0.6) is 0 Å². The van der Waals surface area contributed by atoms with Crippen molar-refractivity contribution in [2.75, 3.05) is 0 Å². The Morgan fingerprint density at radius 3 is 1.75 bits per heavy atom. The van der Waals surface area contributed by atoms with E-state index in [1.807, 2.05) is 57.8 Å². The molecule has 0 bridgehead atoms. The zero-order valence-corrected chi connectivity index (χ0v) is 14.9. The van der Waals surface area contributed by atoms with Gasteiger partial charge in [-0.2, -0.15) is 0 Å². The van der Waals surface area contributed by atoms with Crippen LogP contribution >= 0.6 is 11.8 Å². The molecule has 0 amide bonds. The van der Waals surface area contributed by atoms with E-state index in [-0.39, 0.29) is 17.1 Å². The van der Waals surface area contributed by atoms with E-state index >= 15 is 0 Å². The summed E-state index contributed by atoms with van der Waals surface area (Å²) in [4.78, 5) is 0. The molecule has 2 saturated carbocycles. The van der Waals surface area contributed by atoms with Crippen LogP contribution in [0.2, 0.25) is 19.6 Å². The maximum Gasteiger partial charge on any atom is 2.00 e. The van der Waals surface area contributed by atoms with Crippen LogP contribution in [0.3, 0.4) is 0 Å². The minimum Gasteiger partial charge on any atom is -0.119 e. The van der Waals surface area contributed by atoms with Gasteiger partial charge in [0.25, 0.3) is 0 Å². The second-order valence-corrected chi connectivity index (χ2v) is 10.3. The van der Waals surface area contributed by atoms with Crippen molar-refractivity contribution < 1.29 is 17.1 Å². The molecule has 102 valence electrons. The molecule has 10 radical (unpaired) electrons. The Morgan fingerprint density at radius 2 is 1.30 bits per heavy atom. The van der Waals surface area contributed by atoms with E-state index in [0.29, 0.717) is 0 Å². The summed E-state index contributed by atoms with van der Waals surface area (Å²) in [7, 11) is -1.22. The van der Waals surface area contributed by atoms with Crippen molar-refractivity contribution in [3.63, 3.8) is 0 Å². The fourth-order valence-corrected chi connectivity index (χ4v) is 2.72. The van der Waals surface area contributed by atoms with Crippen molar-refractivity contribution in [1.29, 1.82) is 0 Å². The molecule has 0 aromatic rings. The predicted octanol–water partition coefficient (Wildman–Crippen LogP) is 3.94. The van der Waals surface area contributed by atoms with Gasteiger partial charge < -0.3 is 0 Å². The summed E-state index contributed by atoms with van der Waals surface area (Å²) in [6, 6.07) is 0. The molecule has 0 aromatic carbocycles. The third kappa shape index (κ3) is 12.0. The Hall–Kier alpha value is 0.206. The van der Waals surface area contributed by atoms with Gasteiger partial charge in [0.1, 0.15) is 8.07 Å². The third-order valence-electron chi connectivity index (χ3n) is 1.94. The van der Waals surface area contributed by atoms with Crippen LogP contribution in [0.1, 0.15) is 0 Å². The molecule has 3 heteroatoms. The molecule has 0 saturated heterocycles. The molecule has 20 heavy (non-hydrogen) atoms. The van der Waals surface area contributed by atoms with Crippen LogP contribution < -0.4 is 0 Å². The predicted molar refractivity (Wildman–Crippen MR) is 88.4 cm³/mol. The van der Waals surface area contributed by atoms with Crippen LogP contribution in [0.25, 0.3) is 0 Å². The van der Waals surface area contributed by atoms with Gasteiger partial charge in [0.05, 0.1) is 5.92 Å². The van der Waals surface area contributed by atoms with E-state index in [0.717, 1.165) is 5.92 Å². The number of hydrogen-bond acceptors (Lipinski definition) is 1. The van der Waals surface area contributed by atoms with Crippen LogP contribution in [-0.4, -0.2) is 8.07 Å². The van der Waals surface area contributed by atoms with E-state index in [2.05, 4.69) is 41.6 Å². The summed E-state index contributed by atoms with van der Waals surface area (Å²) in [5.74, 6) is 4.10. The largest absolute Gasteiger partial charge is 2.00 e. The molecule has 2 aliphatic carbocycles. The SMILES string of the molecule is C[Si](C)(C)C#CSC#C[C]1[CH][CH][CH][CH]1.[CH]1[CH][CH][CH][CH]1.[Fe+2]. The van der Waals surface area contributed by atoms with Gasteiger partial charge in [-0.25, -0.2) is 0 Å².